The average molecular weight is 416 g/mol. The number of thiophene rings is 1. The number of nitrogens with zero attached hydrogens (tertiary/aromatic N) is 5. The first-order valence-electron chi connectivity index (χ1n) is 10.3. The summed E-state index contributed by atoms with van der Waals surface area (Å²) in [6.07, 6.45) is 3.56. The molecule has 1 amide bonds. The molecule has 29 heavy (non-hydrogen) atoms. The third kappa shape index (κ3) is 4.23. The van der Waals surface area contributed by atoms with Gasteiger partial charge in [0, 0.05) is 50.2 Å². The molecule has 0 N–H and O–H groups in total. The van der Waals surface area contributed by atoms with E-state index in [-0.39, 0.29) is 17.5 Å². The van der Waals surface area contributed by atoms with Gasteiger partial charge < -0.3 is 14.7 Å². The molecule has 0 aliphatic carbocycles. The van der Waals surface area contributed by atoms with Crippen LogP contribution in [0.4, 0.5) is 5.69 Å². The van der Waals surface area contributed by atoms with Crippen molar-refractivity contribution in [2.24, 2.45) is 0 Å². The highest BCUT2D eigenvalue weighted by Gasteiger charge is 2.28. The van der Waals surface area contributed by atoms with E-state index in [0.717, 1.165) is 61.7 Å². The smallest absolute Gasteiger partial charge is 0.269 e. The summed E-state index contributed by atoms with van der Waals surface area (Å²) in [6, 6.07) is 3.61. The van der Waals surface area contributed by atoms with E-state index < -0.39 is 0 Å². The number of piperazine rings is 1. The van der Waals surface area contributed by atoms with Crippen molar-refractivity contribution in [1.82, 2.24) is 19.6 Å². The number of rotatable bonds is 3. The van der Waals surface area contributed by atoms with Crippen LogP contribution >= 0.6 is 11.3 Å². The molecule has 0 radical (unpaired) electrons. The monoisotopic (exact) mass is 415 g/mol. The van der Waals surface area contributed by atoms with Gasteiger partial charge in [-0.15, -0.1) is 11.3 Å². The number of carbonyl (C=O) groups is 1. The van der Waals surface area contributed by atoms with Gasteiger partial charge >= 0.3 is 0 Å². The number of hydrogen-bond acceptors (Lipinski definition) is 6. The molecule has 4 heterocycles. The van der Waals surface area contributed by atoms with Crippen molar-refractivity contribution in [3.8, 4) is 0 Å². The van der Waals surface area contributed by atoms with Gasteiger partial charge in [0.25, 0.3) is 11.5 Å². The highest BCUT2D eigenvalue weighted by molar-refractivity contribution is 7.14. The fourth-order valence-corrected chi connectivity index (χ4v) is 5.10. The molecule has 2 aliphatic rings. The van der Waals surface area contributed by atoms with Crippen molar-refractivity contribution >= 4 is 22.9 Å². The Hall–Kier alpha value is -2.19. The van der Waals surface area contributed by atoms with Crippen LogP contribution in [0.15, 0.2) is 23.1 Å². The molecular weight excluding hydrogens is 386 g/mol. The van der Waals surface area contributed by atoms with Crippen LogP contribution in [0.3, 0.4) is 0 Å². The number of aryl methyl sites for hydroxylation is 2. The van der Waals surface area contributed by atoms with E-state index in [2.05, 4.69) is 21.9 Å². The van der Waals surface area contributed by atoms with Gasteiger partial charge in [-0.1, -0.05) is 0 Å². The highest BCUT2D eigenvalue weighted by atomic mass is 32.1. The number of hydrogen-bond donors (Lipinski definition) is 0. The topological polar surface area (TPSA) is 61.7 Å². The van der Waals surface area contributed by atoms with Gasteiger partial charge in [0.05, 0.1) is 22.8 Å². The summed E-state index contributed by atoms with van der Waals surface area (Å²) in [5, 5.41) is 4.49. The predicted molar refractivity (Wildman–Crippen MR) is 116 cm³/mol. The van der Waals surface area contributed by atoms with Crippen LogP contribution in [-0.2, 0) is 0 Å². The van der Waals surface area contributed by atoms with E-state index in [4.69, 9.17) is 0 Å². The van der Waals surface area contributed by atoms with Crippen molar-refractivity contribution in [3.05, 3.63) is 44.0 Å². The Morgan fingerprint density at radius 2 is 1.90 bits per heavy atom. The maximum atomic E-state index is 12.9. The molecule has 1 atom stereocenters. The van der Waals surface area contributed by atoms with Crippen LogP contribution in [0.5, 0.6) is 0 Å². The summed E-state index contributed by atoms with van der Waals surface area (Å²) in [4.78, 5) is 34.1. The van der Waals surface area contributed by atoms with Gasteiger partial charge in [0.15, 0.2) is 0 Å². The molecule has 2 aromatic heterocycles. The van der Waals surface area contributed by atoms with E-state index in [1.807, 2.05) is 24.8 Å². The normalized spacial score (nSPS) is 20.9. The van der Waals surface area contributed by atoms with Crippen LogP contribution in [0.1, 0.15) is 39.0 Å². The number of anilines is 1. The lowest BCUT2D eigenvalue weighted by Crippen LogP contribution is -2.46. The Bertz CT molecular complexity index is 925. The third-order valence-corrected chi connectivity index (χ3v) is 7.23. The Morgan fingerprint density at radius 3 is 2.55 bits per heavy atom. The fraction of sp³-hybridized carbons (Fsp3) is 0.571. The molecular formula is C21H29N5O2S. The molecule has 0 unspecified atom stereocenters. The SMILES string of the molecule is Cc1cc(C(=O)N2CCC[C@@H](n3ncc(N4CCN(C)CC4)cc3=O)C2)sc1C. The lowest BCUT2D eigenvalue weighted by molar-refractivity contribution is 0.0674. The fourth-order valence-electron chi connectivity index (χ4n) is 4.09. The zero-order valence-corrected chi connectivity index (χ0v) is 18.2. The Morgan fingerprint density at radius 1 is 1.14 bits per heavy atom. The number of likely N-dealkylation sites (N-methyl/N-ethyl adjacent to an activating group) is 1. The number of likely N-dealkylation sites (tertiary alicyclic amines) is 1. The van der Waals surface area contributed by atoms with Gasteiger partial charge in [-0.25, -0.2) is 4.68 Å². The molecule has 156 valence electrons. The minimum atomic E-state index is -0.0801. The minimum Gasteiger partial charge on any atom is -0.368 e. The molecule has 0 bridgehead atoms. The summed E-state index contributed by atoms with van der Waals surface area (Å²) in [7, 11) is 2.11. The van der Waals surface area contributed by atoms with Crippen molar-refractivity contribution in [2.75, 3.05) is 51.2 Å². The molecule has 7 nitrogen and oxygen atoms in total. The van der Waals surface area contributed by atoms with Crippen molar-refractivity contribution in [2.45, 2.75) is 32.7 Å². The quantitative estimate of drug-likeness (QED) is 0.769. The Balaban J connectivity index is 1.48. The zero-order valence-electron chi connectivity index (χ0n) is 17.4. The number of aromatic nitrogens is 2. The van der Waals surface area contributed by atoms with Gasteiger partial charge in [0.1, 0.15) is 0 Å². The molecule has 0 aromatic carbocycles. The lowest BCUT2D eigenvalue weighted by atomic mass is 10.1. The minimum absolute atomic E-state index is 0.0658. The standard InChI is InChI=1S/C21H29N5O2S/c1-15-11-19(29-16(15)2)21(28)25-6-4-5-17(14-25)26-20(27)12-18(13-22-26)24-9-7-23(3)8-10-24/h11-13,17H,4-10,14H2,1-3H3/t17-/m1/s1. The Kier molecular flexibility index (Phi) is 5.74. The largest absolute Gasteiger partial charge is 0.368 e. The summed E-state index contributed by atoms with van der Waals surface area (Å²) in [5.41, 5.74) is 1.97. The average Bonchev–Trinajstić information content (AvgIpc) is 3.06. The maximum Gasteiger partial charge on any atom is 0.269 e. The van der Waals surface area contributed by atoms with Crippen molar-refractivity contribution in [3.63, 3.8) is 0 Å². The van der Waals surface area contributed by atoms with Crippen LogP contribution in [0.25, 0.3) is 0 Å². The third-order valence-electron chi connectivity index (χ3n) is 6.09. The van der Waals surface area contributed by atoms with Crippen LogP contribution in [0, 0.1) is 13.8 Å². The zero-order chi connectivity index (χ0) is 20.5. The molecule has 0 saturated carbocycles. The van der Waals surface area contributed by atoms with Gasteiger partial charge in [-0.3, -0.25) is 9.59 Å². The first kappa shape index (κ1) is 20.1. The van der Waals surface area contributed by atoms with E-state index in [1.54, 1.807) is 28.3 Å². The highest BCUT2D eigenvalue weighted by Crippen LogP contribution is 2.26. The second-order valence-corrected chi connectivity index (χ2v) is 9.44. The van der Waals surface area contributed by atoms with E-state index in [9.17, 15) is 9.59 Å². The number of piperidine rings is 1. The molecule has 2 saturated heterocycles. The van der Waals surface area contributed by atoms with Gasteiger partial charge in [0.2, 0.25) is 0 Å². The van der Waals surface area contributed by atoms with Crippen LogP contribution in [0.2, 0.25) is 0 Å². The van der Waals surface area contributed by atoms with E-state index in [1.165, 1.54) is 4.88 Å². The Labute approximate surface area is 175 Å². The summed E-state index contributed by atoms with van der Waals surface area (Å²) in [5.74, 6) is 0.0676. The summed E-state index contributed by atoms with van der Waals surface area (Å²) in [6.45, 7) is 9.15. The molecule has 2 fully saturated rings. The van der Waals surface area contributed by atoms with Crippen molar-refractivity contribution in [1.29, 1.82) is 0 Å². The maximum absolute atomic E-state index is 12.9. The summed E-state index contributed by atoms with van der Waals surface area (Å²) >= 11 is 1.55. The van der Waals surface area contributed by atoms with Gasteiger partial charge in [-0.2, -0.15) is 5.10 Å². The summed E-state index contributed by atoms with van der Waals surface area (Å²) < 4.78 is 1.57. The second kappa shape index (κ2) is 8.28. The van der Waals surface area contributed by atoms with Crippen LogP contribution < -0.4 is 10.5 Å². The molecule has 4 rings (SSSR count). The molecule has 2 aromatic rings. The van der Waals surface area contributed by atoms with Gasteiger partial charge in [-0.05, 0) is 45.4 Å². The predicted octanol–water partition coefficient (Wildman–Crippen LogP) is 2.15. The van der Waals surface area contributed by atoms with Crippen molar-refractivity contribution < 1.29 is 4.79 Å². The molecule has 8 heteroatoms. The first-order chi connectivity index (χ1) is 13.9. The number of carbonyl (C=O) groups excluding carboxylic acids is 1. The molecule has 2 aliphatic heterocycles. The number of amides is 1. The van der Waals surface area contributed by atoms with E-state index >= 15 is 0 Å². The second-order valence-electron chi connectivity index (χ2n) is 8.18. The molecule has 0 spiro atoms. The van der Waals surface area contributed by atoms with Crippen LogP contribution in [-0.4, -0.2) is 71.8 Å². The lowest BCUT2D eigenvalue weighted by Gasteiger charge is -2.34. The first-order valence-corrected chi connectivity index (χ1v) is 11.1. The van der Waals surface area contributed by atoms with E-state index in [0.29, 0.717) is 6.54 Å².